The lowest BCUT2D eigenvalue weighted by molar-refractivity contribution is -0.116. The van der Waals surface area contributed by atoms with Crippen molar-refractivity contribution in [2.45, 2.75) is 13.5 Å². The molecule has 3 nitrogen and oxygen atoms in total. The molecule has 3 heteroatoms. The highest BCUT2D eigenvalue weighted by Gasteiger charge is 2.02. The Morgan fingerprint density at radius 1 is 1.46 bits per heavy atom. The second-order valence-corrected chi connectivity index (χ2v) is 3.17. The van der Waals surface area contributed by atoms with Crippen LogP contribution in [0.4, 0.5) is 5.69 Å². The van der Waals surface area contributed by atoms with E-state index in [0.29, 0.717) is 6.54 Å². The maximum atomic E-state index is 5.81. The van der Waals surface area contributed by atoms with Crippen LogP contribution in [-0.4, -0.2) is 19.2 Å². The maximum absolute atomic E-state index is 5.81. The third-order valence-corrected chi connectivity index (χ3v) is 2.00. The third kappa shape index (κ3) is 2.72. The van der Waals surface area contributed by atoms with E-state index in [-0.39, 0.29) is 0 Å². The van der Waals surface area contributed by atoms with E-state index in [9.17, 15) is 0 Å². The third-order valence-electron chi connectivity index (χ3n) is 2.00. The quantitative estimate of drug-likeness (QED) is 0.567. The second-order valence-electron chi connectivity index (χ2n) is 3.17. The minimum atomic E-state index is 0.712. The standard InChI is InChI=1S/C10H16N2O/c1-8-4-5-10(11)9(6-8)7-12(2)13-3/h4-6H,7,11H2,1-3H3. The van der Waals surface area contributed by atoms with Crippen molar-refractivity contribution < 1.29 is 4.84 Å². The Morgan fingerprint density at radius 2 is 2.15 bits per heavy atom. The fourth-order valence-corrected chi connectivity index (χ4v) is 1.18. The molecule has 0 saturated carbocycles. The van der Waals surface area contributed by atoms with Gasteiger partial charge >= 0.3 is 0 Å². The zero-order valence-corrected chi connectivity index (χ0v) is 8.37. The van der Waals surface area contributed by atoms with Crippen molar-refractivity contribution in [3.8, 4) is 0 Å². The molecule has 0 spiro atoms. The summed E-state index contributed by atoms with van der Waals surface area (Å²) < 4.78 is 0. The highest BCUT2D eigenvalue weighted by molar-refractivity contribution is 5.48. The molecule has 1 aromatic carbocycles. The first-order chi connectivity index (χ1) is 6.13. The first kappa shape index (κ1) is 10.0. The van der Waals surface area contributed by atoms with Crippen LogP contribution in [0.15, 0.2) is 18.2 Å². The summed E-state index contributed by atoms with van der Waals surface area (Å²) in [5.41, 5.74) is 8.94. The Hall–Kier alpha value is -1.06. The largest absolute Gasteiger partial charge is 0.398 e. The van der Waals surface area contributed by atoms with Crippen LogP contribution in [0.25, 0.3) is 0 Å². The normalized spacial score (nSPS) is 10.8. The molecular formula is C10H16N2O. The lowest BCUT2D eigenvalue weighted by Gasteiger charge is -2.15. The molecule has 0 unspecified atom stereocenters. The van der Waals surface area contributed by atoms with Gasteiger partial charge in [0.2, 0.25) is 0 Å². The molecule has 0 aliphatic heterocycles. The van der Waals surface area contributed by atoms with Crippen LogP contribution in [0.1, 0.15) is 11.1 Å². The SMILES string of the molecule is CON(C)Cc1cc(C)ccc1N. The summed E-state index contributed by atoms with van der Waals surface area (Å²) in [7, 11) is 3.52. The van der Waals surface area contributed by atoms with Crippen molar-refractivity contribution in [1.82, 2.24) is 5.06 Å². The van der Waals surface area contributed by atoms with Gasteiger partial charge in [0.25, 0.3) is 0 Å². The topological polar surface area (TPSA) is 38.5 Å². The number of anilines is 1. The van der Waals surface area contributed by atoms with Crippen molar-refractivity contribution in [2.24, 2.45) is 0 Å². The van der Waals surface area contributed by atoms with E-state index in [2.05, 4.69) is 13.0 Å². The number of nitrogens with two attached hydrogens (primary N) is 1. The molecule has 0 aliphatic rings. The average Bonchev–Trinajstić information content (AvgIpc) is 2.11. The van der Waals surface area contributed by atoms with Crippen molar-refractivity contribution in [3.05, 3.63) is 29.3 Å². The van der Waals surface area contributed by atoms with Gasteiger partial charge in [-0.05, 0) is 18.6 Å². The van der Waals surface area contributed by atoms with Gasteiger partial charge in [-0.2, -0.15) is 5.06 Å². The van der Waals surface area contributed by atoms with Gasteiger partial charge in [0.05, 0.1) is 13.7 Å². The Kier molecular flexibility index (Phi) is 3.28. The second kappa shape index (κ2) is 4.25. The van der Waals surface area contributed by atoms with Gasteiger partial charge in [-0.1, -0.05) is 17.7 Å². The Morgan fingerprint density at radius 3 is 2.77 bits per heavy atom. The van der Waals surface area contributed by atoms with E-state index in [1.54, 1.807) is 12.2 Å². The number of rotatable bonds is 3. The summed E-state index contributed by atoms with van der Waals surface area (Å²) in [6, 6.07) is 6.00. The first-order valence-corrected chi connectivity index (χ1v) is 4.23. The number of hydroxylamine groups is 2. The minimum absolute atomic E-state index is 0.712. The lowest BCUT2D eigenvalue weighted by Crippen LogP contribution is -2.16. The smallest absolute Gasteiger partial charge is 0.0575 e. The van der Waals surface area contributed by atoms with Gasteiger partial charge in [-0.25, -0.2) is 0 Å². The Labute approximate surface area is 79.1 Å². The van der Waals surface area contributed by atoms with E-state index >= 15 is 0 Å². The number of nitrogen functional groups attached to an aromatic ring is 1. The lowest BCUT2D eigenvalue weighted by atomic mass is 10.1. The van der Waals surface area contributed by atoms with Gasteiger partial charge < -0.3 is 10.6 Å². The maximum Gasteiger partial charge on any atom is 0.0575 e. The molecule has 0 bridgehead atoms. The Balaban J connectivity index is 2.81. The van der Waals surface area contributed by atoms with Crippen LogP contribution in [-0.2, 0) is 11.4 Å². The molecule has 2 N–H and O–H groups in total. The number of aryl methyl sites for hydroxylation is 1. The summed E-state index contributed by atoms with van der Waals surface area (Å²) in [5.74, 6) is 0. The minimum Gasteiger partial charge on any atom is -0.398 e. The molecule has 72 valence electrons. The van der Waals surface area contributed by atoms with Crippen molar-refractivity contribution in [1.29, 1.82) is 0 Å². The van der Waals surface area contributed by atoms with Crippen LogP contribution in [0, 0.1) is 6.92 Å². The van der Waals surface area contributed by atoms with Crippen molar-refractivity contribution in [2.75, 3.05) is 19.9 Å². The molecular weight excluding hydrogens is 164 g/mol. The van der Waals surface area contributed by atoms with Crippen molar-refractivity contribution >= 4 is 5.69 Å². The number of nitrogens with zero attached hydrogens (tertiary/aromatic N) is 1. The van der Waals surface area contributed by atoms with E-state index in [0.717, 1.165) is 11.3 Å². The van der Waals surface area contributed by atoms with Crippen LogP contribution in [0.5, 0.6) is 0 Å². The van der Waals surface area contributed by atoms with E-state index < -0.39 is 0 Å². The van der Waals surface area contributed by atoms with Gasteiger partial charge in [0.1, 0.15) is 0 Å². The molecule has 0 saturated heterocycles. The molecule has 0 radical (unpaired) electrons. The molecule has 1 rings (SSSR count). The zero-order chi connectivity index (χ0) is 9.84. The first-order valence-electron chi connectivity index (χ1n) is 4.23. The number of hydrogen-bond acceptors (Lipinski definition) is 3. The van der Waals surface area contributed by atoms with Crippen molar-refractivity contribution in [3.63, 3.8) is 0 Å². The van der Waals surface area contributed by atoms with E-state index in [1.165, 1.54) is 5.56 Å². The summed E-state index contributed by atoms with van der Waals surface area (Å²) in [6.45, 7) is 2.76. The van der Waals surface area contributed by atoms with E-state index in [4.69, 9.17) is 10.6 Å². The molecule has 13 heavy (non-hydrogen) atoms. The van der Waals surface area contributed by atoms with Crippen LogP contribution in [0.2, 0.25) is 0 Å². The summed E-state index contributed by atoms with van der Waals surface area (Å²) in [6.07, 6.45) is 0. The van der Waals surface area contributed by atoms with Gasteiger partial charge in [0, 0.05) is 12.7 Å². The Bertz CT molecular complexity index is 286. The zero-order valence-electron chi connectivity index (χ0n) is 8.37. The fourth-order valence-electron chi connectivity index (χ4n) is 1.18. The van der Waals surface area contributed by atoms with Gasteiger partial charge in [-0.3, -0.25) is 0 Å². The monoisotopic (exact) mass is 180 g/mol. The molecule has 0 heterocycles. The van der Waals surface area contributed by atoms with E-state index in [1.807, 2.05) is 19.2 Å². The molecule has 0 aliphatic carbocycles. The summed E-state index contributed by atoms with van der Waals surface area (Å²) in [4.78, 5) is 5.03. The highest BCUT2D eigenvalue weighted by atomic mass is 16.7. The highest BCUT2D eigenvalue weighted by Crippen LogP contribution is 2.15. The fraction of sp³-hybridized carbons (Fsp3) is 0.400. The summed E-state index contributed by atoms with van der Waals surface area (Å²) >= 11 is 0. The van der Waals surface area contributed by atoms with Crippen LogP contribution in [0.3, 0.4) is 0 Å². The van der Waals surface area contributed by atoms with Gasteiger partial charge in [-0.15, -0.1) is 0 Å². The van der Waals surface area contributed by atoms with Crippen LogP contribution >= 0.6 is 0 Å². The molecule has 0 aromatic heterocycles. The number of benzene rings is 1. The van der Waals surface area contributed by atoms with Gasteiger partial charge in [0.15, 0.2) is 0 Å². The van der Waals surface area contributed by atoms with Crippen LogP contribution < -0.4 is 5.73 Å². The molecule has 0 atom stereocenters. The molecule has 1 aromatic rings. The average molecular weight is 180 g/mol. The molecule has 0 fully saturated rings. The predicted molar refractivity (Wildman–Crippen MR) is 54.1 cm³/mol. The molecule has 0 amide bonds. The number of hydrogen-bond donors (Lipinski definition) is 1. The predicted octanol–water partition coefficient (Wildman–Crippen LogP) is 1.57. The summed E-state index contributed by atoms with van der Waals surface area (Å²) in [5, 5.41) is 1.74.